The Labute approximate surface area is 123 Å². The van der Waals surface area contributed by atoms with E-state index in [1.807, 2.05) is 0 Å². The van der Waals surface area contributed by atoms with Crippen LogP contribution >= 0.6 is 22.3 Å². The van der Waals surface area contributed by atoms with Gasteiger partial charge in [-0.1, -0.05) is 11.6 Å². The van der Waals surface area contributed by atoms with E-state index in [4.69, 9.17) is 22.3 Å². The van der Waals surface area contributed by atoms with Gasteiger partial charge in [-0.25, -0.2) is 8.42 Å². The number of carbonyl (C=O) groups excluding carboxylic acids is 1. The quantitative estimate of drug-likeness (QED) is 0.513. The number of nitro benzene ring substituents is 1. The van der Waals surface area contributed by atoms with Gasteiger partial charge in [-0.05, 0) is 18.9 Å². The standard InChI is InChI=1S/C10H8Cl2N2O5S/c11-9-7(14(16)17)3-5(4-8(9)20(12,18)19)10(15)13-6-1-2-6/h3-4,6H,1-2H2,(H,13,15). The van der Waals surface area contributed by atoms with Crippen molar-refractivity contribution in [2.45, 2.75) is 23.8 Å². The summed E-state index contributed by atoms with van der Waals surface area (Å²) in [4.78, 5) is 21.2. The Bertz CT molecular complexity index is 700. The van der Waals surface area contributed by atoms with Crippen molar-refractivity contribution in [3.63, 3.8) is 0 Å². The van der Waals surface area contributed by atoms with Crippen molar-refractivity contribution in [3.8, 4) is 0 Å². The predicted octanol–water partition coefficient (Wildman–Crippen LogP) is 2.07. The third kappa shape index (κ3) is 3.20. The Balaban J connectivity index is 2.55. The lowest BCUT2D eigenvalue weighted by Gasteiger charge is -2.07. The first-order valence-electron chi connectivity index (χ1n) is 5.43. The van der Waals surface area contributed by atoms with Crippen LogP contribution in [-0.2, 0) is 9.05 Å². The minimum atomic E-state index is -4.30. The molecule has 0 bridgehead atoms. The maximum atomic E-state index is 11.8. The van der Waals surface area contributed by atoms with Gasteiger partial charge in [-0.2, -0.15) is 0 Å². The van der Waals surface area contributed by atoms with Gasteiger partial charge in [0.25, 0.3) is 20.6 Å². The number of halogens is 2. The van der Waals surface area contributed by atoms with E-state index in [-0.39, 0.29) is 11.6 Å². The highest BCUT2D eigenvalue weighted by molar-refractivity contribution is 8.13. The van der Waals surface area contributed by atoms with Gasteiger partial charge in [-0.3, -0.25) is 14.9 Å². The van der Waals surface area contributed by atoms with Crippen LogP contribution in [0.4, 0.5) is 5.69 Å². The molecule has 0 aliphatic heterocycles. The normalized spacial score (nSPS) is 14.9. The summed E-state index contributed by atoms with van der Waals surface area (Å²) in [7, 11) is 0.866. The van der Waals surface area contributed by atoms with E-state index in [2.05, 4.69) is 5.32 Å². The Kier molecular flexibility index (Phi) is 3.90. The number of rotatable bonds is 4. The molecule has 0 aromatic heterocycles. The fourth-order valence-electron chi connectivity index (χ4n) is 1.52. The summed E-state index contributed by atoms with van der Waals surface area (Å²) >= 11 is 5.65. The second-order valence-electron chi connectivity index (χ2n) is 4.25. The van der Waals surface area contributed by atoms with Crippen molar-refractivity contribution < 1.29 is 18.1 Å². The highest BCUT2D eigenvalue weighted by Gasteiger charge is 2.29. The number of benzene rings is 1. The molecule has 2 rings (SSSR count). The molecule has 1 saturated carbocycles. The van der Waals surface area contributed by atoms with Gasteiger partial charge in [0, 0.05) is 28.4 Å². The summed E-state index contributed by atoms with van der Waals surface area (Å²) in [6.45, 7) is 0. The highest BCUT2D eigenvalue weighted by Crippen LogP contribution is 2.34. The lowest BCUT2D eigenvalue weighted by molar-refractivity contribution is -0.384. The summed E-state index contributed by atoms with van der Waals surface area (Å²) in [5.74, 6) is -0.603. The molecule has 0 saturated heterocycles. The summed E-state index contributed by atoms with van der Waals surface area (Å²) in [5, 5.41) is 12.8. The molecule has 0 spiro atoms. The van der Waals surface area contributed by atoms with Gasteiger partial charge < -0.3 is 5.32 Å². The van der Waals surface area contributed by atoms with E-state index < -0.39 is 35.5 Å². The smallest absolute Gasteiger partial charge is 0.290 e. The van der Waals surface area contributed by atoms with Gasteiger partial charge >= 0.3 is 0 Å². The average molecular weight is 339 g/mol. The number of carbonyl (C=O) groups is 1. The molecular weight excluding hydrogens is 331 g/mol. The maximum absolute atomic E-state index is 11.8. The zero-order valence-corrected chi connectivity index (χ0v) is 12.1. The van der Waals surface area contributed by atoms with Gasteiger partial charge in [0.15, 0.2) is 0 Å². The molecule has 0 heterocycles. The lowest BCUT2D eigenvalue weighted by Crippen LogP contribution is -2.25. The van der Waals surface area contributed by atoms with E-state index in [9.17, 15) is 23.3 Å². The van der Waals surface area contributed by atoms with E-state index in [1.165, 1.54) is 0 Å². The summed E-state index contributed by atoms with van der Waals surface area (Å²) in [6, 6.07) is 1.87. The Morgan fingerprint density at radius 2 is 2.00 bits per heavy atom. The van der Waals surface area contributed by atoms with Crippen LogP contribution in [-0.4, -0.2) is 25.3 Å². The van der Waals surface area contributed by atoms with E-state index in [0.29, 0.717) is 0 Å². The van der Waals surface area contributed by atoms with E-state index >= 15 is 0 Å². The summed E-state index contributed by atoms with van der Waals surface area (Å²) < 4.78 is 22.7. The predicted molar refractivity (Wildman–Crippen MR) is 71.6 cm³/mol. The van der Waals surface area contributed by atoms with Crippen LogP contribution in [0.1, 0.15) is 23.2 Å². The highest BCUT2D eigenvalue weighted by atomic mass is 35.7. The number of amides is 1. The third-order valence-corrected chi connectivity index (χ3v) is 4.51. The van der Waals surface area contributed by atoms with Gasteiger partial charge in [-0.15, -0.1) is 0 Å². The van der Waals surface area contributed by atoms with Crippen LogP contribution in [0.25, 0.3) is 0 Å². The first-order valence-corrected chi connectivity index (χ1v) is 8.12. The van der Waals surface area contributed by atoms with Crippen molar-refractivity contribution in [2.24, 2.45) is 0 Å². The molecule has 0 radical (unpaired) electrons. The van der Waals surface area contributed by atoms with Crippen LogP contribution in [0.3, 0.4) is 0 Å². The molecule has 1 aromatic carbocycles. The fourth-order valence-corrected chi connectivity index (χ4v) is 3.07. The van der Waals surface area contributed by atoms with Crippen LogP contribution in [0.5, 0.6) is 0 Å². The molecule has 1 N–H and O–H groups in total. The molecule has 1 aliphatic rings. The van der Waals surface area contributed by atoms with E-state index in [0.717, 1.165) is 25.0 Å². The fraction of sp³-hybridized carbons (Fsp3) is 0.300. The number of hydrogen-bond donors (Lipinski definition) is 1. The van der Waals surface area contributed by atoms with Crippen LogP contribution in [0.2, 0.25) is 5.02 Å². The molecule has 7 nitrogen and oxygen atoms in total. The molecule has 0 unspecified atom stereocenters. The summed E-state index contributed by atoms with van der Waals surface area (Å²) in [5.41, 5.74) is -0.860. The van der Waals surface area contributed by atoms with Crippen molar-refractivity contribution >= 4 is 42.9 Å². The monoisotopic (exact) mass is 338 g/mol. The molecular formula is C10H8Cl2N2O5S. The lowest BCUT2D eigenvalue weighted by atomic mass is 10.2. The molecule has 1 aromatic rings. The molecule has 0 atom stereocenters. The number of nitrogens with zero attached hydrogens (tertiary/aromatic N) is 1. The first-order chi connectivity index (χ1) is 9.20. The Morgan fingerprint density at radius 3 is 2.45 bits per heavy atom. The van der Waals surface area contributed by atoms with Gasteiger partial charge in [0.1, 0.15) is 9.92 Å². The molecule has 1 fully saturated rings. The SMILES string of the molecule is O=C(NC1CC1)c1cc([N+](=O)[O-])c(Cl)c(S(=O)(=O)Cl)c1. The van der Waals surface area contributed by atoms with Crippen LogP contribution < -0.4 is 5.32 Å². The van der Waals surface area contributed by atoms with Crippen LogP contribution in [0, 0.1) is 10.1 Å². The average Bonchev–Trinajstić information content (AvgIpc) is 3.11. The molecule has 20 heavy (non-hydrogen) atoms. The second kappa shape index (κ2) is 5.19. The van der Waals surface area contributed by atoms with Crippen molar-refractivity contribution in [2.75, 3.05) is 0 Å². The number of nitrogens with one attached hydrogen (secondary N) is 1. The Morgan fingerprint density at radius 1 is 1.40 bits per heavy atom. The van der Waals surface area contributed by atoms with Gasteiger partial charge in [0.05, 0.1) is 4.92 Å². The van der Waals surface area contributed by atoms with Crippen LogP contribution in [0.15, 0.2) is 17.0 Å². The largest absolute Gasteiger partial charge is 0.349 e. The zero-order chi connectivity index (χ0) is 15.1. The molecule has 1 aliphatic carbocycles. The van der Waals surface area contributed by atoms with Gasteiger partial charge in [0.2, 0.25) is 0 Å². The minimum Gasteiger partial charge on any atom is -0.349 e. The first kappa shape index (κ1) is 15.0. The number of nitro groups is 1. The molecule has 10 heteroatoms. The zero-order valence-electron chi connectivity index (χ0n) is 9.80. The van der Waals surface area contributed by atoms with Crippen molar-refractivity contribution in [1.29, 1.82) is 0 Å². The Hall–Kier alpha value is -1.38. The van der Waals surface area contributed by atoms with Crippen molar-refractivity contribution in [3.05, 3.63) is 32.8 Å². The van der Waals surface area contributed by atoms with Crippen molar-refractivity contribution in [1.82, 2.24) is 5.32 Å². The third-order valence-electron chi connectivity index (χ3n) is 2.65. The maximum Gasteiger partial charge on any atom is 0.290 e. The number of hydrogen-bond acceptors (Lipinski definition) is 5. The topological polar surface area (TPSA) is 106 Å². The molecule has 1 amide bonds. The van der Waals surface area contributed by atoms with E-state index in [1.54, 1.807) is 0 Å². The molecule has 108 valence electrons. The summed E-state index contributed by atoms with van der Waals surface area (Å²) in [6.07, 6.45) is 1.64. The minimum absolute atomic E-state index is 0.0216. The second-order valence-corrected chi connectivity index (χ2v) is 7.16.